The van der Waals surface area contributed by atoms with Gasteiger partial charge in [-0.2, -0.15) is 0 Å². The third kappa shape index (κ3) is 2.34. The molecule has 110 valence electrons. The van der Waals surface area contributed by atoms with E-state index in [-0.39, 0.29) is 36.7 Å². The van der Waals surface area contributed by atoms with Crippen LogP contribution in [0.3, 0.4) is 0 Å². The maximum absolute atomic E-state index is 12.4. The van der Waals surface area contributed by atoms with Crippen LogP contribution in [0, 0.1) is 23.7 Å². The number of rotatable bonds is 4. The Labute approximate surface area is 127 Å². The monoisotopic (exact) mass is 377 g/mol. The molecule has 0 heterocycles. The molecule has 0 radical (unpaired) electrons. The molecule has 4 aliphatic carbocycles. The quantitative estimate of drug-likeness (QED) is 0.399. The van der Waals surface area contributed by atoms with Gasteiger partial charge < -0.3 is 0 Å². The van der Waals surface area contributed by atoms with Gasteiger partial charge >= 0.3 is 127 Å². The first kappa shape index (κ1) is 14.2. The van der Waals surface area contributed by atoms with Gasteiger partial charge in [-0.15, -0.1) is 0 Å². The average molecular weight is 377 g/mol. The van der Waals surface area contributed by atoms with E-state index in [9.17, 15) is 4.79 Å². The molecule has 4 rings (SSSR count). The number of ether oxygens (including phenoxy) is 1. The van der Waals surface area contributed by atoms with E-state index >= 15 is 0 Å². The van der Waals surface area contributed by atoms with Gasteiger partial charge in [0.2, 0.25) is 0 Å². The summed E-state index contributed by atoms with van der Waals surface area (Å²) in [6.45, 7) is 4.37. The minimum absolute atomic E-state index is 0.0409. The first-order valence-corrected chi connectivity index (χ1v) is 11.2. The van der Waals surface area contributed by atoms with Crippen LogP contribution < -0.4 is 21.2 Å². The Balaban J connectivity index is 1.74. The van der Waals surface area contributed by atoms with E-state index in [0.29, 0.717) is 11.8 Å². The number of carbonyl (C=O) groups excluding carboxylic acids is 1. The van der Waals surface area contributed by atoms with Gasteiger partial charge in [0.25, 0.3) is 0 Å². The molecule has 0 aliphatic heterocycles. The molecule has 3 heteroatoms. The second kappa shape index (κ2) is 5.19. The summed E-state index contributed by atoms with van der Waals surface area (Å²) in [5.41, 5.74) is -0.128. The summed E-state index contributed by atoms with van der Waals surface area (Å²) in [7, 11) is 0. The molecule has 4 fully saturated rings. The van der Waals surface area contributed by atoms with Crippen LogP contribution in [-0.2, 0) is 9.53 Å². The molecule has 0 amide bonds. The third-order valence-electron chi connectivity index (χ3n) is 5.96. The fourth-order valence-electron chi connectivity index (χ4n) is 4.98. The summed E-state index contributed by atoms with van der Waals surface area (Å²) in [6.07, 6.45) is 7.67. The summed E-state index contributed by atoms with van der Waals surface area (Å²) in [6, 6.07) is 0. The Bertz CT molecular complexity index is 334. The molecule has 1 unspecified atom stereocenters. The molecule has 0 saturated heterocycles. The van der Waals surface area contributed by atoms with E-state index < -0.39 is 0 Å². The van der Waals surface area contributed by atoms with E-state index in [1.54, 1.807) is 0 Å². The molecule has 19 heavy (non-hydrogen) atoms. The van der Waals surface area contributed by atoms with Crippen LogP contribution in [0.2, 0.25) is 0 Å². The van der Waals surface area contributed by atoms with Crippen molar-refractivity contribution < 1.29 is 30.7 Å². The van der Waals surface area contributed by atoms with Crippen molar-refractivity contribution in [3.63, 3.8) is 0 Å². The first-order valence-electron chi connectivity index (χ1n) is 7.77. The van der Waals surface area contributed by atoms with Crippen LogP contribution >= 0.6 is 0 Å². The molecule has 4 bridgehead atoms. The molecule has 0 N–H and O–H groups in total. The van der Waals surface area contributed by atoms with Gasteiger partial charge in [-0.3, -0.25) is 0 Å². The second-order valence-corrected chi connectivity index (χ2v) is 9.75. The van der Waals surface area contributed by atoms with Crippen LogP contribution in [0.15, 0.2) is 0 Å². The number of hydrogen-bond acceptors (Lipinski definition) is 2. The minimum atomic E-state index is -0.128. The Kier molecular flexibility index (Phi) is 3.87. The van der Waals surface area contributed by atoms with Crippen molar-refractivity contribution in [2.24, 2.45) is 23.7 Å². The van der Waals surface area contributed by atoms with Crippen LogP contribution in [0.1, 0.15) is 52.4 Å². The summed E-state index contributed by atoms with van der Waals surface area (Å²) in [5, 5.41) is 0. The summed E-state index contributed by atoms with van der Waals surface area (Å²) in [5.74, 6) is 3.30. The Morgan fingerprint density at radius 2 is 1.74 bits per heavy atom. The summed E-state index contributed by atoms with van der Waals surface area (Å²) in [4.78, 5) is 14.6. The number of carbonyl (C=O) groups is 1. The van der Waals surface area contributed by atoms with Crippen LogP contribution in [0.4, 0.5) is 0 Å². The van der Waals surface area contributed by atoms with Gasteiger partial charge in [0.15, 0.2) is 0 Å². The summed E-state index contributed by atoms with van der Waals surface area (Å²) < 4.78 is 6.36. The fraction of sp³-hybridized carbons (Fsp3) is 0.938. The van der Waals surface area contributed by atoms with Crippen molar-refractivity contribution in [3.05, 3.63) is 0 Å². The maximum atomic E-state index is 12.4. The average Bonchev–Trinajstić information content (AvgIpc) is 2.37. The van der Waals surface area contributed by atoms with Crippen LogP contribution in [0.25, 0.3) is 0 Å². The topological polar surface area (TPSA) is 26.3 Å². The first-order chi connectivity index (χ1) is 9.06. The SMILES string of the molecule is CCC([I-]C)C(=O)OC1(C)C2CC3CC(C2)CC1C3. The molecule has 0 aromatic carbocycles. The molecule has 0 aromatic heterocycles. The third-order valence-corrected chi connectivity index (χ3v) is 8.85. The van der Waals surface area contributed by atoms with Crippen molar-refractivity contribution in [1.29, 1.82) is 0 Å². The number of esters is 1. The van der Waals surface area contributed by atoms with E-state index in [2.05, 4.69) is 18.8 Å². The number of hydrogen-bond donors (Lipinski definition) is 0. The van der Waals surface area contributed by atoms with Crippen LogP contribution in [-0.4, -0.2) is 20.4 Å². The van der Waals surface area contributed by atoms with Crippen molar-refractivity contribution in [2.75, 3.05) is 4.93 Å². The number of halogens is 1. The van der Waals surface area contributed by atoms with E-state index in [4.69, 9.17) is 4.74 Å². The van der Waals surface area contributed by atoms with Gasteiger partial charge in [0.1, 0.15) is 0 Å². The van der Waals surface area contributed by atoms with Crippen molar-refractivity contribution >= 4 is 5.97 Å². The Morgan fingerprint density at radius 3 is 2.16 bits per heavy atom. The zero-order valence-electron chi connectivity index (χ0n) is 12.3. The predicted octanol–water partition coefficient (Wildman–Crippen LogP) is 0.242. The molecule has 4 aliphatic rings. The zero-order chi connectivity index (χ0) is 13.6. The van der Waals surface area contributed by atoms with Gasteiger partial charge in [-0.25, -0.2) is 0 Å². The summed E-state index contributed by atoms with van der Waals surface area (Å²) >= 11 is -0.0409. The molecule has 0 aromatic rings. The Morgan fingerprint density at radius 1 is 1.21 bits per heavy atom. The van der Waals surface area contributed by atoms with Crippen molar-refractivity contribution in [2.45, 2.75) is 61.9 Å². The van der Waals surface area contributed by atoms with Crippen molar-refractivity contribution in [3.8, 4) is 0 Å². The molecule has 4 saturated carbocycles. The molecule has 2 nitrogen and oxygen atoms in total. The van der Waals surface area contributed by atoms with E-state index in [1.807, 2.05) is 0 Å². The van der Waals surface area contributed by atoms with E-state index in [1.165, 1.54) is 32.1 Å². The van der Waals surface area contributed by atoms with Crippen LogP contribution in [0.5, 0.6) is 0 Å². The second-order valence-electron chi connectivity index (χ2n) is 7.00. The fourth-order valence-corrected chi connectivity index (χ4v) is 6.49. The number of alkyl halides is 2. The van der Waals surface area contributed by atoms with Crippen molar-refractivity contribution in [1.82, 2.24) is 0 Å². The predicted molar refractivity (Wildman–Crippen MR) is 71.5 cm³/mol. The standard InChI is InChI=1S/C16H26IO2/c1-4-14(17-3)15(18)19-16(2)12-6-10-5-11(8-12)9-13(16)7-10/h10-14H,4-9H2,1-3H3/q-1. The van der Waals surface area contributed by atoms with Gasteiger partial charge in [-0.05, 0) is 0 Å². The zero-order valence-corrected chi connectivity index (χ0v) is 14.5. The Hall–Kier alpha value is 0.200. The molecule has 1 atom stereocenters. The van der Waals surface area contributed by atoms with Gasteiger partial charge in [0.05, 0.1) is 0 Å². The molecular weight excluding hydrogens is 351 g/mol. The van der Waals surface area contributed by atoms with E-state index in [0.717, 1.165) is 18.3 Å². The van der Waals surface area contributed by atoms with Gasteiger partial charge in [-0.1, -0.05) is 0 Å². The normalized spacial score (nSPS) is 45.4. The molecule has 0 spiro atoms. The molecular formula is C16H26IO2-. The van der Waals surface area contributed by atoms with Gasteiger partial charge in [0, 0.05) is 0 Å².